The topological polar surface area (TPSA) is 94.0 Å². The summed E-state index contributed by atoms with van der Waals surface area (Å²) < 4.78 is 1.49. The molecule has 0 spiro atoms. The van der Waals surface area contributed by atoms with Gasteiger partial charge in [0.1, 0.15) is 17.7 Å². The number of aliphatic carboxylic acids is 1. The number of carboxylic acids is 1. The Morgan fingerprint density at radius 2 is 2.31 bits per heavy atom. The number of hydrogen-bond donors (Lipinski definition) is 2. The molecule has 0 radical (unpaired) electrons. The van der Waals surface area contributed by atoms with Gasteiger partial charge in [-0.15, -0.1) is 0 Å². The van der Waals surface area contributed by atoms with Crippen molar-refractivity contribution in [2.75, 3.05) is 0 Å². The lowest BCUT2D eigenvalue weighted by atomic mass is 10.3. The minimum atomic E-state index is -1.03. The minimum absolute atomic E-state index is 0.155. The average Bonchev–Trinajstić information content (AvgIpc) is 2.30. The molecule has 0 amide bonds. The van der Waals surface area contributed by atoms with Crippen molar-refractivity contribution in [3.05, 3.63) is 11.6 Å². The molecule has 0 aromatic carbocycles. The minimum Gasteiger partial charge on any atom is -0.480 e. The lowest BCUT2D eigenvalue weighted by molar-refractivity contribution is -0.138. The van der Waals surface area contributed by atoms with Gasteiger partial charge < -0.3 is 10.8 Å². The lowest BCUT2D eigenvalue weighted by Gasteiger charge is -2.06. The number of rotatable bonds is 3. The van der Waals surface area contributed by atoms with E-state index in [2.05, 4.69) is 10.1 Å². The normalized spacial score (nSPS) is 12.8. The Morgan fingerprint density at radius 1 is 1.69 bits per heavy atom. The van der Waals surface area contributed by atoms with Gasteiger partial charge in [-0.1, -0.05) is 0 Å². The second-order valence-corrected chi connectivity index (χ2v) is 2.83. The molecule has 1 rings (SSSR count). The highest BCUT2D eigenvalue weighted by molar-refractivity contribution is 5.72. The van der Waals surface area contributed by atoms with E-state index in [1.807, 2.05) is 0 Å². The Kier molecular flexibility index (Phi) is 2.62. The number of nitrogens with two attached hydrogens (primary N) is 1. The van der Waals surface area contributed by atoms with Crippen molar-refractivity contribution in [1.29, 1.82) is 0 Å². The second-order valence-electron chi connectivity index (χ2n) is 2.83. The molecule has 13 heavy (non-hydrogen) atoms. The van der Waals surface area contributed by atoms with Crippen molar-refractivity contribution >= 4 is 5.97 Å². The molecule has 1 aromatic heterocycles. The summed E-state index contributed by atoms with van der Waals surface area (Å²) in [5.41, 5.74) is 5.34. The first-order chi connectivity index (χ1) is 6.00. The maximum absolute atomic E-state index is 10.4. The predicted octanol–water partition coefficient (Wildman–Crippen LogP) is -0.693. The van der Waals surface area contributed by atoms with Crippen molar-refractivity contribution in [2.45, 2.75) is 26.4 Å². The van der Waals surface area contributed by atoms with E-state index in [9.17, 15) is 4.79 Å². The standard InChI is InChI=1S/C7H12N4O2/c1-4-9-5(2)11(10-4)3-6(8)7(12)13/h6H,3,8H2,1-2H3,(H,12,13). The van der Waals surface area contributed by atoms with Gasteiger partial charge in [0.2, 0.25) is 0 Å². The van der Waals surface area contributed by atoms with E-state index in [-0.39, 0.29) is 6.54 Å². The zero-order valence-corrected chi connectivity index (χ0v) is 7.56. The largest absolute Gasteiger partial charge is 0.480 e. The molecule has 1 heterocycles. The molecule has 72 valence electrons. The van der Waals surface area contributed by atoms with Crippen LogP contribution in [0.25, 0.3) is 0 Å². The van der Waals surface area contributed by atoms with E-state index in [1.54, 1.807) is 13.8 Å². The summed E-state index contributed by atoms with van der Waals surface area (Å²) in [6.07, 6.45) is 0. The molecule has 1 atom stereocenters. The molecule has 1 aromatic rings. The van der Waals surface area contributed by atoms with Crippen LogP contribution in [-0.4, -0.2) is 31.9 Å². The third kappa shape index (κ3) is 2.25. The van der Waals surface area contributed by atoms with Crippen molar-refractivity contribution in [2.24, 2.45) is 5.73 Å². The van der Waals surface area contributed by atoms with Crippen LogP contribution >= 0.6 is 0 Å². The SMILES string of the molecule is Cc1nc(C)n(CC(N)C(=O)O)n1. The van der Waals surface area contributed by atoms with E-state index < -0.39 is 12.0 Å². The van der Waals surface area contributed by atoms with E-state index in [0.29, 0.717) is 11.6 Å². The zero-order valence-electron chi connectivity index (χ0n) is 7.56. The summed E-state index contributed by atoms with van der Waals surface area (Å²) in [4.78, 5) is 14.5. The summed E-state index contributed by atoms with van der Waals surface area (Å²) in [5.74, 6) is 0.261. The zero-order chi connectivity index (χ0) is 10.0. The fraction of sp³-hybridized carbons (Fsp3) is 0.571. The van der Waals surface area contributed by atoms with Gasteiger partial charge in [0, 0.05) is 0 Å². The van der Waals surface area contributed by atoms with Crippen LogP contribution in [0.3, 0.4) is 0 Å². The molecule has 3 N–H and O–H groups in total. The van der Waals surface area contributed by atoms with Gasteiger partial charge >= 0.3 is 5.97 Å². The molecule has 1 unspecified atom stereocenters. The average molecular weight is 184 g/mol. The van der Waals surface area contributed by atoms with Crippen LogP contribution in [0.2, 0.25) is 0 Å². The molecule has 0 bridgehead atoms. The van der Waals surface area contributed by atoms with E-state index >= 15 is 0 Å². The number of nitrogens with zero attached hydrogens (tertiary/aromatic N) is 3. The van der Waals surface area contributed by atoms with E-state index in [4.69, 9.17) is 10.8 Å². The van der Waals surface area contributed by atoms with Gasteiger partial charge in [0.05, 0.1) is 6.54 Å². The predicted molar refractivity (Wildman–Crippen MR) is 45.1 cm³/mol. The Labute approximate surface area is 75.4 Å². The van der Waals surface area contributed by atoms with Crippen LogP contribution in [-0.2, 0) is 11.3 Å². The first-order valence-corrected chi connectivity index (χ1v) is 3.87. The summed E-state index contributed by atoms with van der Waals surface area (Å²) >= 11 is 0. The first kappa shape index (κ1) is 9.66. The van der Waals surface area contributed by atoms with Crippen LogP contribution in [0.4, 0.5) is 0 Å². The third-order valence-electron chi connectivity index (χ3n) is 1.65. The van der Waals surface area contributed by atoms with Gasteiger partial charge in [0.25, 0.3) is 0 Å². The Bertz CT molecular complexity index is 320. The number of aryl methyl sites for hydroxylation is 2. The van der Waals surface area contributed by atoms with Gasteiger partial charge in [0.15, 0.2) is 0 Å². The molecule has 0 saturated heterocycles. The highest BCUT2D eigenvalue weighted by Crippen LogP contribution is 1.96. The van der Waals surface area contributed by atoms with Gasteiger partial charge in [-0.2, -0.15) is 5.10 Å². The molecule has 0 fully saturated rings. The molecule has 6 nitrogen and oxygen atoms in total. The molecular weight excluding hydrogens is 172 g/mol. The second kappa shape index (κ2) is 3.53. The van der Waals surface area contributed by atoms with Gasteiger partial charge in [-0.05, 0) is 13.8 Å². The number of carbonyl (C=O) groups is 1. The van der Waals surface area contributed by atoms with Crippen LogP contribution < -0.4 is 5.73 Å². The van der Waals surface area contributed by atoms with Crippen molar-refractivity contribution in [3.63, 3.8) is 0 Å². The Hall–Kier alpha value is -1.43. The highest BCUT2D eigenvalue weighted by atomic mass is 16.4. The fourth-order valence-corrected chi connectivity index (χ4v) is 0.999. The van der Waals surface area contributed by atoms with Crippen molar-refractivity contribution in [3.8, 4) is 0 Å². The lowest BCUT2D eigenvalue weighted by Crippen LogP contribution is -2.35. The van der Waals surface area contributed by atoms with Crippen LogP contribution in [0.1, 0.15) is 11.6 Å². The van der Waals surface area contributed by atoms with Gasteiger partial charge in [-0.3, -0.25) is 4.79 Å². The van der Waals surface area contributed by atoms with Crippen molar-refractivity contribution < 1.29 is 9.90 Å². The Morgan fingerprint density at radius 3 is 2.69 bits per heavy atom. The third-order valence-corrected chi connectivity index (χ3v) is 1.65. The summed E-state index contributed by atoms with van der Waals surface area (Å²) in [5, 5.41) is 12.5. The van der Waals surface area contributed by atoms with E-state index in [0.717, 1.165) is 0 Å². The molecule has 0 aliphatic carbocycles. The molecule has 0 aliphatic rings. The maximum Gasteiger partial charge on any atom is 0.322 e. The van der Waals surface area contributed by atoms with Crippen molar-refractivity contribution in [1.82, 2.24) is 14.8 Å². The molecule has 0 saturated carbocycles. The smallest absolute Gasteiger partial charge is 0.322 e. The number of aromatic nitrogens is 3. The summed E-state index contributed by atoms with van der Waals surface area (Å²) in [6.45, 7) is 3.66. The van der Waals surface area contributed by atoms with E-state index in [1.165, 1.54) is 4.68 Å². The number of carboxylic acid groups (broad SMARTS) is 1. The maximum atomic E-state index is 10.4. The number of hydrogen-bond acceptors (Lipinski definition) is 4. The molecule has 0 aliphatic heterocycles. The van der Waals surface area contributed by atoms with Crippen LogP contribution in [0.15, 0.2) is 0 Å². The monoisotopic (exact) mass is 184 g/mol. The molecular formula is C7H12N4O2. The van der Waals surface area contributed by atoms with Crippen LogP contribution in [0.5, 0.6) is 0 Å². The fourth-order valence-electron chi connectivity index (χ4n) is 0.999. The first-order valence-electron chi connectivity index (χ1n) is 3.87. The summed E-state index contributed by atoms with van der Waals surface area (Å²) in [6, 6.07) is -0.931. The summed E-state index contributed by atoms with van der Waals surface area (Å²) in [7, 11) is 0. The van der Waals surface area contributed by atoms with Gasteiger partial charge in [-0.25, -0.2) is 9.67 Å². The molecule has 6 heteroatoms. The quantitative estimate of drug-likeness (QED) is 0.648. The van der Waals surface area contributed by atoms with Crippen LogP contribution in [0, 0.1) is 13.8 Å². The Balaban J connectivity index is 2.74. The highest BCUT2D eigenvalue weighted by Gasteiger charge is 2.14.